The summed E-state index contributed by atoms with van der Waals surface area (Å²) in [5.41, 5.74) is -0.312. The van der Waals surface area contributed by atoms with E-state index in [1.54, 1.807) is 27.7 Å². The van der Waals surface area contributed by atoms with Gasteiger partial charge in [0.1, 0.15) is 12.1 Å². The van der Waals surface area contributed by atoms with Crippen molar-refractivity contribution in [3.63, 3.8) is 0 Å². The molecule has 0 aromatic carbocycles. The summed E-state index contributed by atoms with van der Waals surface area (Å²) in [6.07, 6.45) is 1.49. The molecule has 0 atom stereocenters. The third-order valence-electron chi connectivity index (χ3n) is 2.74. The number of nitrogens with zero attached hydrogens (tertiary/aromatic N) is 1. The molecular weight excluding hydrogens is 274 g/mol. The molecule has 1 aliphatic heterocycles. The molecule has 114 valence electrons. The summed E-state index contributed by atoms with van der Waals surface area (Å²) in [4.78, 5) is 48.2. The number of ether oxygens (including phenoxy) is 1. The Kier molecular flexibility index (Phi) is 4.83. The van der Waals surface area contributed by atoms with Gasteiger partial charge in [-0.1, -0.05) is 13.5 Å². The zero-order valence-electron chi connectivity index (χ0n) is 12.7. The molecule has 1 heterocycles. The highest BCUT2D eigenvalue weighted by atomic mass is 16.6. The molecule has 0 spiro atoms. The predicted molar refractivity (Wildman–Crippen MR) is 75.1 cm³/mol. The van der Waals surface area contributed by atoms with Gasteiger partial charge in [0, 0.05) is 5.57 Å². The van der Waals surface area contributed by atoms with E-state index in [9.17, 15) is 19.2 Å². The standard InChI is InChI=1S/C15H19NO5/c1-6-10-7-11(17)14(20)16(13(19)9(10)2)8-12(18)21-15(3,4)5/h7H,2,6,8H2,1,3-5H3. The van der Waals surface area contributed by atoms with Crippen molar-refractivity contribution >= 4 is 23.6 Å². The van der Waals surface area contributed by atoms with E-state index in [0.717, 1.165) is 6.08 Å². The first-order chi connectivity index (χ1) is 9.56. The Morgan fingerprint density at radius 3 is 2.29 bits per heavy atom. The van der Waals surface area contributed by atoms with E-state index >= 15 is 0 Å². The molecule has 0 fully saturated rings. The first-order valence-electron chi connectivity index (χ1n) is 6.58. The highest BCUT2D eigenvalue weighted by Gasteiger charge is 2.34. The molecule has 0 aromatic rings. The summed E-state index contributed by atoms with van der Waals surface area (Å²) in [7, 11) is 0. The quantitative estimate of drug-likeness (QED) is 0.337. The van der Waals surface area contributed by atoms with Gasteiger partial charge in [0.25, 0.3) is 5.91 Å². The SMILES string of the molecule is C=C1C(=O)N(CC(=O)OC(C)(C)C)C(=O)C(=O)C=C1CC. The molecule has 0 radical (unpaired) electrons. The fourth-order valence-corrected chi connectivity index (χ4v) is 1.79. The van der Waals surface area contributed by atoms with E-state index in [-0.39, 0.29) is 5.57 Å². The monoisotopic (exact) mass is 293 g/mol. The molecule has 1 rings (SSSR count). The van der Waals surface area contributed by atoms with Gasteiger partial charge in [-0.2, -0.15) is 0 Å². The topological polar surface area (TPSA) is 80.8 Å². The number of rotatable bonds is 3. The largest absolute Gasteiger partial charge is 0.459 e. The van der Waals surface area contributed by atoms with Crippen LogP contribution in [-0.4, -0.2) is 40.6 Å². The number of hydrogen-bond acceptors (Lipinski definition) is 5. The maximum absolute atomic E-state index is 12.2. The fourth-order valence-electron chi connectivity index (χ4n) is 1.79. The number of hydrogen-bond donors (Lipinski definition) is 0. The van der Waals surface area contributed by atoms with Gasteiger partial charge in [-0.3, -0.25) is 24.1 Å². The minimum Gasteiger partial charge on any atom is -0.459 e. The van der Waals surface area contributed by atoms with Crippen LogP contribution in [0.3, 0.4) is 0 Å². The molecule has 0 aromatic heterocycles. The van der Waals surface area contributed by atoms with Crippen molar-refractivity contribution in [2.45, 2.75) is 39.7 Å². The first kappa shape index (κ1) is 16.8. The van der Waals surface area contributed by atoms with Gasteiger partial charge in [-0.25, -0.2) is 0 Å². The second kappa shape index (κ2) is 6.03. The predicted octanol–water partition coefficient (Wildman–Crippen LogP) is 1.16. The lowest BCUT2D eigenvalue weighted by atomic mass is 10.0. The molecule has 0 saturated heterocycles. The van der Waals surface area contributed by atoms with Gasteiger partial charge >= 0.3 is 11.9 Å². The van der Waals surface area contributed by atoms with Gasteiger partial charge in [-0.15, -0.1) is 0 Å². The highest BCUT2D eigenvalue weighted by molar-refractivity contribution is 6.45. The van der Waals surface area contributed by atoms with Crippen molar-refractivity contribution in [1.29, 1.82) is 0 Å². The van der Waals surface area contributed by atoms with Gasteiger partial charge in [0.15, 0.2) is 0 Å². The Balaban J connectivity index is 3.00. The van der Waals surface area contributed by atoms with Crippen molar-refractivity contribution in [2.75, 3.05) is 6.54 Å². The molecule has 0 N–H and O–H groups in total. The minimum absolute atomic E-state index is 0.0419. The van der Waals surface area contributed by atoms with Crippen LogP contribution in [0.2, 0.25) is 0 Å². The van der Waals surface area contributed by atoms with E-state index in [1.165, 1.54) is 0 Å². The van der Waals surface area contributed by atoms with Crippen LogP contribution in [-0.2, 0) is 23.9 Å². The molecule has 2 amide bonds. The van der Waals surface area contributed by atoms with E-state index in [0.29, 0.717) is 16.9 Å². The third-order valence-corrected chi connectivity index (χ3v) is 2.74. The molecule has 0 saturated carbocycles. The third kappa shape index (κ3) is 4.11. The number of amides is 2. The molecular formula is C15H19NO5. The molecule has 6 heteroatoms. The van der Waals surface area contributed by atoms with Gasteiger partial charge in [0.2, 0.25) is 5.78 Å². The van der Waals surface area contributed by atoms with Gasteiger partial charge in [-0.05, 0) is 38.8 Å². The summed E-state index contributed by atoms with van der Waals surface area (Å²) >= 11 is 0. The molecule has 0 unspecified atom stereocenters. The lowest BCUT2D eigenvalue weighted by Gasteiger charge is -2.23. The normalized spacial score (nSPS) is 16.8. The zero-order valence-corrected chi connectivity index (χ0v) is 12.7. The number of ketones is 1. The smallest absolute Gasteiger partial charge is 0.326 e. The van der Waals surface area contributed by atoms with E-state index in [4.69, 9.17) is 4.74 Å². The Morgan fingerprint density at radius 1 is 1.24 bits per heavy atom. The Hall–Kier alpha value is -2.24. The summed E-state index contributed by atoms with van der Waals surface area (Å²) < 4.78 is 5.06. The van der Waals surface area contributed by atoms with Crippen LogP contribution >= 0.6 is 0 Å². The zero-order chi connectivity index (χ0) is 16.4. The van der Waals surface area contributed by atoms with Crippen LogP contribution in [0.1, 0.15) is 34.1 Å². The maximum Gasteiger partial charge on any atom is 0.326 e. The van der Waals surface area contributed by atoms with E-state index in [2.05, 4.69) is 6.58 Å². The van der Waals surface area contributed by atoms with Crippen molar-refractivity contribution < 1.29 is 23.9 Å². The average Bonchev–Trinajstić information content (AvgIpc) is 2.43. The number of imide groups is 1. The van der Waals surface area contributed by atoms with Crippen molar-refractivity contribution in [1.82, 2.24) is 4.90 Å². The maximum atomic E-state index is 12.2. The highest BCUT2D eigenvalue weighted by Crippen LogP contribution is 2.19. The molecule has 21 heavy (non-hydrogen) atoms. The van der Waals surface area contributed by atoms with Crippen LogP contribution < -0.4 is 0 Å². The Bertz CT molecular complexity index is 551. The van der Waals surface area contributed by atoms with Crippen molar-refractivity contribution in [2.24, 2.45) is 0 Å². The van der Waals surface area contributed by atoms with Crippen molar-refractivity contribution in [3.8, 4) is 0 Å². The van der Waals surface area contributed by atoms with Gasteiger partial charge < -0.3 is 4.74 Å². The Labute approximate surface area is 123 Å². The van der Waals surface area contributed by atoms with E-state index < -0.39 is 35.7 Å². The lowest BCUT2D eigenvalue weighted by Crippen LogP contribution is -2.44. The molecule has 0 aliphatic carbocycles. The lowest BCUT2D eigenvalue weighted by molar-refractivity contribution is -0.162. The fraction of sp³-hybridized carbons (Fsp3) is 0.467. The second-order valence-corrected chi connectivity index (χ2v) is 5.65. The van der Waals surface area contributed by atoms with Crippen LogP contribution in [0, 0.1) is 0 Å². The first-order valence-corrected chi connectivity index (χ1v) is 6.58. The molecule has 6 nitrogen and oxygen atoms in total. The Morgan fingerprint density at radius 2 is 1.81 bits per heavy atom. The number of esters is 1. The summed E-state index contributed by atoms with van der Waals surface area (Å²) in [5, 5.41) is 0. The van der Waals surface area contributed by atoms with Gasteiger partial charge in [0.05, 0.1) is 0 Å². The minimum atomic E-state index is -1.05. The summed E-state index contributed by atoms with van der Waals surface area (Å²) in [5.74, 6) is -3.40. The summed E-state index contributed by atoms with van der Waals surface area (Å²) in [6, 6.07) is 0. The van der Waals surface area contributed by atoms with Crippen molar-refractivity contribution in [3.05, 3.63) is 23.8 Å². The number of carbonyl (C=O) groups excluding carboxylic acids is 4. The summed E-state index contributed by atoms with van der Waals surface area (Å²) in [6.45, 7) is 9.72. The average molecular weight is 293 g/mol. The van der Waals surface area contributed by atoms with Crippen LogP contribution in [0.25, 0.3) is 0 Å². The molecule has 1 aliphatic rings. The van der Waals surface area contributed by atoms with Crippen LogP contribution in [0.15, 0.2) is 23.8 Å². The van der Waals surface area contributed by atoms with E-state index in [1.807, 2.05) is 0 Å². The van der Waals surface area contributed by atoms with Crippen LogP contribution in [0.5, 0.6) is 0 Å². The molecule has 0 bridgehead atoms. The van der Waals surface area contributed by atoms with Crippen LogP contribution in [0.4, 0.5) is 0 Å². The number of carbonyl (C=O) groups is 4. The second-order valence-electron chi connectivity index (χ2n) is 5.65.